The molecule has 0 saturated carbocycles. The molecule has 100 valence electrons. The minimum Gasteiger partial charge on any atom is -0.381 e. The van der Waals surface area contributed by atoms with E-state index in [-0.39, 0.29) is 5.25 Å². The number of alkyl halides is 1. The summed E-state index contributed by atoms with van der Waals surface area (Å²) in [6, 6.07) is 7.37. The van der Waals surface area contributed by atoms with Crippen LogP contribution in [0.3, 0.4) is 0 Å². The maximum absolute atomic E-state index is 12.1. The lowest BCUT2D eigenvalue weighted by molar-refractivity contribution is 0.0984. The Hall–Kier alpha value is -0.590. The molecular weight excluding hydrogens is 318 g/mol. The van der Waals surface area contributed by atoms with Crippen molar-refractivity contribution in [1.82, 2.24) is 0 Å². The lowest BCUT2D eigenvalue weighted by atomic mass is 10.2. The third-order valence-corrected chi connectivity index (χ3v) is 5.49. The summed E-state index contributed by atoms with van der Waals surface area (Å²) < 4.78 is 32.1. The molecule has 1 aliphatic heterocycles. The highest BCUT2D eigenvalue weighted by Gasteiger charge is 2.27. The normalized spacial score (nSPS) is 17.6. The second-order valence-electron chi connectivity index (χ2n) is 4.29. The van der Waals surface area contributed by atoms with Crippen LogP contribution in [-0.4, -0.2) is 26.9 Å². The largest absolute Gasteiger partial charge is 0.381 e. The summed E-state index contributed by atoms with van der Waals surface area (Å²) in [4.78, 5) is 0. The van der Waals surface area contributed by atoms with Crippen molar-refractivity contribution in [2.75, 3.05) is 17.9 Å². The van der Waals surface area contributed by atoms with E-state index in [4.69, 9.17) is 4.74 Å². The van der Waals surface area contributed by atoms with Gasteiger partial charge in [-0.1, -0.05) is 28.1 Å². The fourth-order valence-corrected chi connectivity index (χ4v) is 3.71. The van der Waals surface area contributed by atoms with Gasteiger partial charge in [-0.15, -0.1) is 0 Å². The lowest BCUT2D eigenvalue weighted by Gasteiger charge is -2.22. The Morgan fingerprint density at radius 3 is 2.39 bits per heavy atom. The number of ether oxygens (including phenoxy) is 1. The van der Waals surface area contributed by atoms with Crippen LogP contribution in [0.2, 0.25) is 0 Å². The van der Waals surface area contributed by atoms with Gasteiger partial charge in [0.2, 0.25) is 10.0 Å². The summed E-state index contributed by atoms with van der Waals surface area (Å²) in [6.45, 7) is 1.04. The first-order valence-electron chi connectivity index (χ1n) is 5.86. The zero-order valence-electron chi connectivity index (χ0n) is 9.93. The van der Waals surface area contributed by atoms with Crippen molar-refractivity contribution in [3.8, 4) is 0 Å². The van der Waals surface area contributed by atoms with Crippen LogP contribution in [0.25, 0.3) is 0 Å². The highest BCUT2D eigenvalue weighted by molar-refractivity contribution is 9.08. The Kier molecular flexibility index (Phi) is 4.64. The van der Waals surface area contributed by atoms with Gasteiger partial charge in [0.25, 0.3) is 0 Å². The van der Waals surface area contributed by atoms with Gasteiger partial charge in [0, 0.05) is 24.2 Å². The van der Waals surface area contributed by atoms with Crippen LogP contribution in [0.15, 0.2) is 24.3 Å². The fraction of sp³-hybridized carbons (Fsp3) is 0.500. The van der Waals surface area contributed by atoms with Gasteiger partial charge >= 0.3 is 0 Å². The highest BCUT2D eigenvalue weighted by atomic mass is 79.9. The second-order valence-corrected chi connectivity index (χ2v) is 6.81. The molecule has 0 bridgehead atoms. The molecule has 4 nitrogen and oxygen atoms in total. The molecule has 2 rings (SSSR count). The molecule has 1 aromatic rings. The summed E-state index contributed by atoms with van der Waals surface area (Å²) in [7, 11) is -3.30. The van der Waals surface area contributed by atoms with Gasteiger partial charge in [0.1, 0.15) is 0 Å². The summed E-state index contributed by atoms with van der Waals surface area (Å²) in [5.74, 6) is 0. The van der Waals surface area contributed by atoms with Crippen molar-refractivity contribution >= 4 is 31.6 Å². The molecule has 0 aromatic heterocycles. The van der Waals surface area contributed by atoms with Crippen molar-refractivity contribution in [1.29, 1.82) is 0 Å². The van der Waals surface area contributed by atoms with E-state index < -0.39 is 10.0 Å². The van der Waals surface area contributed by atoms with Crippen molar-refractivity contribution in [2.24, 2.45) is 0 Å². The van der Waals surface area contributed by atoms with Crippen LogP contribution in [0, 0.1) is 0 Å². The van der Waals surface area contributed by atoms with Crippen molar-refractivity contribution in [3.63, 3.8) is 0 Å². The molecule has 0 unspecified atom stereocenters. The van der Waals surface area contributed by atoms with E-state index >= 15 is 0 Å². The molecule has 0 radical (unpaired) electrons. The van der Waals surface area contributed by atoms with E-state index in [1.807, 2.05) is 12.1 Å². The Morgan fingerprint density at radius 1 is 1.22 bits per heavy atom. The first-order valence-corrected chi connectivity index (χ1v) is 8.53. The Morgan fingerprint density at radius 2 is 1.83 bits per heavy atom. The molecule has 1 saturated heterocycles. The number of benzene rings is 1. The van der Waals surface area contributed by atoms with Gasteiger partial charge in [0.05, 0.1) is 5.25 Å². The highest BCUT2D eigenvalue weighted by Crippen LogP contribution is 2.20. The third kappa shape index (κ3) is 3.46. The predicted octanol–water partition coefficient (Wildman–Crippen LogP) is 2.50. The minimum absolute atomic E-state index is 0.345. The summed E-state index contributed by atoms with van der Waals surface area (Å²) in [5.41, 5.74) is 1.73. The second kappa shape index (κ2) is 6.04. The molecule has 6 heteroatoms. The molecule has 1 fully saturated rings. The minimum atomic E-state index is -3.30. The predicted molar refractivity (Wildman–Crippen MR) is 75.5 cm³/mol. The molecule has 0 spiro atoms. The topological polar surface area (TPSA) is 55.4 Å². The average molecular weight is 334 g/mol. The van der Waals surface area contributed by atoms with E-state index in [0.29, 0.717) is 31.7 Å². The number of rotatable bonds is 4. The number of halogens is 1. The maximum atomic E-state index is 12.1. The van der Waals surface area contributed by atoms with E-state index in [0.717, 1.165) is 10.9 Å². The number of anilines is 1. The zero-order valence-corrected chi connectivity index (χ0v) is 12.3. The summed E-state index contributed by atoms with van der Waals surface area (Å²) in [5, 5.41) is 0.419. The van der Waals surface area contributed by atoms with Crippen LogP contribution in [0.5, 0.6) is 0 Å². The van der Waals surface area contributed by atoms with Crippen molar-refractivity contribution in [2.45, 2.75) is 23.4 Å². The zero-order chi connectivity index (χ0) is 13.0. The molecular formula is C12H16BrNO3S. The average Bonchev–Trinajstić information content (AvgIpc) is 2.40. The fourth-order valence-electron chi connectivity index (χ4n) is 1.90. The maximum Gasteiger partial charge on any atom is 0.235 e. The summed E-state index contributed by atoms with van der Waals surface area (Å²) in [6.07, 6.45) is 1.13. The molecule has 1 aromatic carbocycles. The van der Waals surface area contributed by atoms with Crippen LogP contribution in [0.1, 0.15) is 18.4 Å². The van der Waals surface area contributed by atoms with E-state index in [1.165, 1.54) is 0 Å². The van der Waals surface area contributed by atoms with Crippen LogP contribution in [-0.2, 0) is 20.1 Å². The van der Waals surface area contributed by atoms with E-state index in [2.05, 4.69) is 20.7 Å². The standard InChI is InChI=1S/C12H16BrNO3S/c13-9-10-1-3-11(4-2-10)14-18(15,16)12-5-7-17-8-6-12/h1-4,12,14H,5-9H2. The van der Waals surface area contributed by atoms with Gasteiger partial charge in [0.15, 0.2) is 0 Å². The smallest absolute Gasteiger partial charge is 0.235 e. The van der Waals surface area contributed by atoms with E-state index in [9.17, 15) is 8.42 Å². The number of hydrogen-bond donors (Lipinski definition) is 1. The SMILES string of the molecule is O=S(=O)(Nc1ccc(CBr)cc1)C1CCOCC1. The van der Waals surface area contributed by atoms with Crippen LogP contribution >= 0.6 is 15.9 Å². The van der Waals surface area contributed by atoms with Gasteiger partial charge in [-0.2, -0.15) is 0 Å². The van der Waals surface area contributed by atoms with Gasteiger partial charge in [-0.25, -0.2) is 8.42 Å². The molecule has 0 atom stereocenters. The molecule has 0 aliphatic carbocycles. The van der Waals surface area contributed by atoms with Crippen LogP contribution in [0.4, 0.5) is 5.69 Å². The number of hydrogen-bond acceptors (Lipinski definition) is 3. The van der Waals surface area contributed by atoms with Gasteiger partial charge < -0.3 is 4.74 Å². The molecule has 1 N–H and O–H groups in total. The first kappa shape index (κ1) is 13.8. The van der Waals surface area contributed by atoms with E-state index in [1.54, 1.807) is 12.1 Å². The Labute approximate surface area is 116 Å². The molecule has 0 amide bonds. The third-order valence-electron chi connectivity index (χ3n) is 2.98. The molecule has 1 aliphatic rings. The summed E-state index contributed by atoms with van der Waals surface area (Å²) >= 11 is 3.35. The van der Waals surface area contributed by atoms with Crippen molar-refractivity contribution in [3.05, 3.63) is 29.8 Å². The Balaban J connectivity index is 2.06. The molecule has 1 heterocycles. The quantitative estimate of drug-likeness (QED) is 0.861. The lowest BCUT2D eigenvalue weighted by Crippen LogP contribution is -2.33. The van der Waals surface area contributed by atoms with Gasteiger partial charge in [-0.3, -0.25) is 4.72 Å². The first-order chi connectivity index (χ1) is 8.62. The monoisotopic (exact) mass is 333 g/mol. The number of sulfonamides is 1. The molecule has 18 heavy (non-hydrogen) atoms. The number of nitrogens with one attached hydrogen (secondary N) is 1. The van der Waals surface area contributed by atoms with Crippen LogP contribution < -0.4 is 4.72 Å². The van der Waals surface area contributed by atoms with Crippen molar-refractivity contribution < 1.29 is 13.2 Å². The van der Waals surface area contributed by atoms with Gasteiger partial charge in [-0.05, 0) is 30.5 Å². The Bertz CT molecular complexity index is 481.